The first kappa shape index (κ1) is 23.6. The van der Waals surface area contributed by atoms with Crippen molar-refractivity contribution < 1.29 is 19.4 Å². The number of aromatic amines is 1. The van der Waals surface area contributed by atoms with Crippen LogP contribution in [0.1, 0.15) is 15.9 Å². The summed E-state index contributed by atoms with van der Waals surface area (Å²) in [7, 11) is 0. The molecule has 36 heavy (non-hydrogen) atoms. The molecule has 8 nitrogen and oxygen atoms in total. The van der Waals surface area contributed by atoms with Crippen LogP contribution in [0.15, 0.2) is 83.2 Å². The third kappa shape index (κ3) is 4.42. The van der Waals surface area contributed by atoms with E-state index in [0.717, 1.165) is 0 Å². The molecule has 1 atom stereocenters. The van der Waals surface area contributed by atoms with Crippen molar-refractivity contribution in [3.05, 3.63) is 110 Å². The second kappa shape index (κ2) is 9.46. The quantitative estimate of drug-likeness (QED) is 0.256. The summed E-state index contributed by atoms with van der Waals surface area (Å²) >= 11 is 11.3. The molecule has 0 saturated carbocycles. The van der Waals surface area contributed by atoms with Gasteiger partial charge in [-0.1, -0.05) is 29.8 Å². The maximum absolute atomic E-state index is 13.1. The fourth-order valence-electron chi connectivity index (χ4n) is 3.77. The van der Waals surface area contributed by atoms with E-state index in [0.29, 0.717) is 22.2 Å². The summed E-state index contributed by atoms with van der Waals surface area (Å²) in [5, 5.41) is 11.4. The molecular weight excluding hydrogens is 502 g/mol. The van der Waals surface area contributed by atoms with Gasteiger partial charge in [0.25, 0.3) is 5.56 Å². The first-order valence-electron chi connectivity index (χ1n) is 10.7. The number of carbonyl (C=O) groups is 1. The van der Waals surface area contributed by atoms with Gasteiger partial charge in [0.2, 0.25) is 5.88 Å². The summed E-state index contributed by atoms with van der Waals surface area (Å²) in [5.41, 5.74) is 5.78. The molecule has 1 aliphatic heterocycles. The van der Waals surface area contributed by atoms with Gasteiger partial charge in [0, 0.05) is 5.02 Å². The number of aromatic nitrogens is 2. The summed E-state index contributed by atoms with van der Waals surface area (Å²) in [5.74, 6) is 0.574. The smallest absolute Gasteiger partial charge is 0.262 e. The molecule has 4 aromatic rings. The predicted octanol–water partition coefficient (Wildman–Crippen LogP) is 4.99. The van der Waals surface area contributed by atoms with Crippen LogP contribution in [0.25, 0.3) is 11.8 Å². The van der Waals surface area contributed by atoms with Crippen LogP contribution in [0.5, 0.6) is 23.1 Å². The number of Topliss-reactive ketones (excluding diaryl/α,β-unsaturated/α-hetero) is 1. The molecule has 1 unspecified atom stereocenters. The standard InChI is InChI=1S/C26H18ClN3O5S/c27-14-6-11-21-18(12-14)22(31)19(23(28)35-21)13-20-24(32)29-26(36)30(25(20)33)15-7-9-17(10-8-15)34-16-4-2-1-3-5-16/h1-13,23,33H,28H2,(H,29,32,36). The van der Waals surface area contributed by atoms with Crippen LogP contribution in [-0.2, 0) is 0 Å². The molecule has 0 amide bonds. The number of nitrogens with one attached hydrogen (secondary N) is 1. The van der Waals surface area contributed by atoms with E-state index in [1.54, 1.807) is 36.4 Å². The van der Waals surface area contributed by atoms with Crippen LogP contribution in [0.4, 0.5) is 0 Å². The average Bonchev–Trinajstić information content (AvgIpc) is 2.85. The van der Waals surface area contributed by atoms with E-state index in [4.69, 9.17) is 39.0 Å². The minimum Gasteiger partial charge on any atom is -0.494 e. The zero-order valence-electron chi connectivity index (χ0n) is 18.5. The van der Waals surface area contributed by atoms with Gasteiger partial charge < -0.3 is 14.6 Å². The van der Waals surface area contributed by atoms with Gasteiger partial charge in [0.05, 0.1) is 16.8 Å². The van der Waals surface area contributed by atoms with E-state index in [1.165, 1.54) is 16.7 Å². The lowest BCUT2D eigenvalue weighted by Crippen LogP contribution is -2.37. The van der Waals surface area contributed by atoms with E-state index in [2.05, 4.69) is 4.98 Å². The van der Waals surface area contributed by atoms with Crippen LogP contribution in [-0.4, -0.2) is 26.7 Å². The van der Waals surface area contributed by atoms with E-state index in [-0.39, 0.29) is 27.2 Å². The molecule has 0 saturated heterocycles. The van der Waals surface area contributed by atoms with Gasteiger partial charge in [0.15, 0.2) is 16.8 Å². The summed E-state index contributed by atoms with van der Waals surface area (Å²) < 4.78 is 12.6. The van der Waals surface area contributed by atoms with Gasteiger partial charge >= 0.3 is 0 Å². The van der Waals surface area contributed by atoms with Crippen LogP contribution in [0.3, 0.4) is 0 Å². The van der Waals surface area contributed by atoms with Crippen molar-refractivity contribution in [3.63, 3.8) is 0 Å². The molecule has 2 heterocycles. The van der Waals surface area contributed by atoms with Crippen LogP contribution in [0.2, 0.25) is 5.02 Å². The van der Waals surface area contributed by atoms with Gasteiger partial charge in [-0.15, -0.1) is 0 Å². The Labute approximate surface area is 214 Å². The highest BCUT2D eigenvalue weighted by Gasteiger charge is 2.30. The number of halogens is 1. The number of hydrogen-bond donors (Lipinski definition) is 3. The first-order valence-corrected chi connectivity index (χ1v) is 11.5. The Bertz CT molecular complexity index is 1630. The second-order valence-corrected chi connectivity index (χ2v) is 8.67. The highest BCUT2D eigenvalue weighted by Crippen LogP contribution is 2.33. The Morgan fingerprint density at radius 1 is 1.06 bits per heavy atom. The number of para-hydroxylation sites is 1. The SMILES string of the molecule is NC1Oc2ccc(Cl)cc2C(=O)C1=Cc1c(O)n(-c2ccc(Oc3ccccc3)cc2)c(=S)[nH]c1=O. The maximum atomic E-state index is 13.1. The van der Waals surface area contributed by atoms with E-state index in [1.807, 2.05) is 30.3 Å². The molecule has 10 heteroatoms. The van der Waals surface area contributed by atoms with Crippen molar-refractivity contribution in [2.75, 3.05) is 0 Å². The molecule has 0 bridgehead atoms. The monoisotopic (exact) mass is 519 g/mol. The van der Waals surface area contributed by atoms with Crippen molar-refractivity contribution in [2.24, 2.45) is 5.73 Å². The Kier molecular flexibility index (Phi) is 6.19. The van der Waals surface area contributed by atoms with Crippen molar-refractivity contribution in [3.8, 4) is 28.8 Å². The third-order valence-electron chi connectivity index (χ3n) is 5.50. The molecule has 5 rings (SSSR count). The lowest BCUT2D eigenvalue weighted by atomic mass is 9.97. The van der Waals surface area contributed by atoms with Crippen molar-refractivity contribution in [1.29, 1.82) is 0 Å². The number of H-pyrrole nitrogens is 1. The number of carbonyl (C=O) groups excluding carboxylic acids is 1. The fraction of sp³-hybridized carbons (Fsp3) is 0.0385. The largest absolute Gasteiger partial charge is 0.494 e. The molecule has 4 N–H and O–H groups in total. The molecule has 0 radical (unpaired) electrons. The van der Waals surface area contributed by atoms with Gasteiger partial charge in [-0.05, 0) is 72.9 Å². The number of benzene rings is 3. The molecule has 3 aromatic carbocycles. The molecule has 180 valence electrons. The van der Waals surface area contributed by atoms with E-state index in [9.17, 15) is 14.7 Å². The Morgan fingerprint density at radius 3 is 2.47 bits per heavy atom. The van der Waals surface area contributed by atoms with Crippen LogP contribution >= 0.6 is 23.8 Å². The number of ketones is 1. The molecule has 0 aliphatic carbocycles. The number of nitrogens with two attached hydrogens (primary N) is 1. The highest BCUT2D eigenvalue weighted by molar-refractivity contribution is 7.71. The number of ether oxygens (including phenoxy) is 2. The Morgan fingerprint density at radius 2 is 1.75 bits per heavy atom. The molecule has 1 aliphatic rings. The summed E-state index contributed by atoms with van der Waals surface area (Å²) in [6.07, 6.45) is 0.0411. The number of rotatable bonds is 4. The predicted molar refractivity (Wildman–Crippen MR) is 138 cm³/mol. The molecule has 1 aromatic heterocycles. The second-order valence-electron chi connectivity index (χ2n) is 7.85. The highest BCUT2D eigenvalue weighted by atomic mass is 35.5. The van der Waals surface area contributed by atoms with Crippen LogP contribution in [0, 0.1) is 4.77 Å². The van der Waals surface area contributed by atoms with Crippen molar-refractivity contribution >= 4 is 35.7 Å². The molecular formula is C26H18ClN3O5S. The topological polar surface area (TPSA) is 120 Å². The van der Waals surface area contributed by atoms with Gasteiger partial charge in [-0.25, -0.2) is 0 Å². The molecule has 0 fully saturated rings. The van der Waals surface area contributed by atoms with Crippen LogP contribution < -0.4 is 20.8 Å². The minimum absolute atomic E-state index is 0.0270. The van der Waals surface area contributed by atoms with Crippen molar-refractivity contribution in [1.82, 2.24) is 9.55 Å². The normalized spacial score (nSPS) is 15.9. The third-order valence-corrected chi connectivity index (χ3v) is 6.02. The number of aromatic hydroxyl groups is 1. The van der Waals surface area contributed by atoms with Gasteiger partial charge in [0.1, 0.15) is 22.8 Å². The van der Waals surface area contributed by atoms with E-state index >= 15 is 0 Å². The lowest BCUT2D eigenvalue weighted by molar-refractivity contribution is 0.0967. The summed E-state index contributed by atoms with van der Waals surface area (Å²) in [6.45, 7) is 0. The summed E-state index contributed by atoms with van der Waals surface area (Å²) in [6, 6.07) is 20.6. The number of hydrogen-bond acceptors (Lipinski definition) is 7. The summed E-state index contributed by atoms with van der Waals surface area (Å²) in [4.78, 5) is 28.3. The average molecular weight is 520 g/mol. The zero-order chi connectivity index (χ0) is 25.4. The van der Waals surface area contributed by atoms with E-state index < -0.39 is 23.5 Å². The first-order chi connectivity index (χ1) is 17.3. The minimum atomic E-state index is -1.16. The zero-order valence-corrected chi connectivity index (χ0v) is 20.0. The number of fused-ring (bicyclic) bond motifs is 1. The number of nitrogens with zero attached hydrogens (tertiary/aromatic N) is 1. The fourth-order valence-corrected chi connectivity index (χ4v) is 4.22. The van der Waals surface area contributed by atoms with Crippen molar-refractivity contribution in [2.45, 2.75) is 6.23 Å². The van der Waals surface area contributed by atoms with Gasteiger partial charge in [-0.3, -0.25) is 24.9 Å². The Hall–Kier alpha value is -4.18. The molecule has 0 spiro atoms. The lowest BCUT2D eigenvalue weighted by Gasteiger charge is -2.25. The Balaban J connectivity index is 1.54. The van der Waals surface area contributed by atoms with Gasteiger partial charge in [-0.2, -0.15) is 0 Å². The maximum Gasteiger partial charge on any atom is 0.262 e.